The molecule has 0 aliphatic rings. The van der Waals surface area contributed by atoms with Gasteiger partial charge in [-0.1, -0.05) is 53.5 Å². The van der Waals surface area contributed by atoms with Crippen molar-refractivity contribution < 1.29 is 27.1 Å². The van der Waals surface area contributed by atoms with Gasteiger partial charge in [0.2, 0.25) is 11.8 Å². The third-order valence-corrected chi connectivity index (χ3v) is 7.27. The summed E-state index contributed by atoms with van der Waals surface area (Å²) in [6, 6.07) is 13.5. The summed E-state index contributed by atoms with van der Waals surface area (Å²) >= 11 is 13.0. The predicted molar refractivity (Wildman–Crippen MR) is 163 cm³/mol. The van der Waals surface area contributed by atoms with E-state index < -0.39 is 18.4 Å². The van der Waals surface area contributed by atoms with E-state index in [1.165, 1.54) is 23.2 Å². The Morgan fingerprint density at radius 1 is 1.07 bits per heavy atom. The number of aromatic nitrogens is 2. The Morgan fingerprint density at radius 3 is 2.49 bits per heavy atom. The fraction of sp³-hybridized carbons (Fsp3) is 0.250. The molecule has 4 rings (SSSR count). The van der Waals surface area contributed by atoms with Crippen molar-refractivity contribution in [1.82, 2.24) is 14.9 Å². The number of H-pyrrole nitrogens is 1. The lowest BCUT2D eigenvalue weighted by Crippen LogP contribution is -2.18. The van der Waals surface area contributed by atoms with Gasteiger partial charge in [-0.3, -0.25) is 4.79 Å². The summed E-state index contributed by atoms with van der Waals surface area (Å²) in [5.41, 5.74) is 1.17. The van der Waals surface area contributed by atoms with Crippen LogP contribution < -0.4 is 4.74 Å². The number of amides is 1. The van der Waals surface area contributed by atoms with Crippen LogP contribution >= 0.6 is 23.2 Å². The molecule has 43 heavy (non-hydrogen) atoms. The van der Waals surface area contributed by atoms with E-state index >= 15 is 0 Å². The Labute approximate surface area is 256 Å². The highest BCUT2D eigenvalue weighted by atomic mass is 35.5. The highest BCUT2D eigenvalue weighted by molar-refractivity contribution is 6.38. The number of pyridine rings is 1. The molecule has 0 spiro atoms. The predicted octanol–water partition coefficient (Wildman–Crippen LogP) is 9.11. The molecule has 5 nitrogen and oxygen atoms in total. The summed E-state index contributed by atoms with van der Waals surface area (Å²) in [5, 5.41) is 0.685. The number of benzene rings is 2. The molecule has 11 heteroatoms. The number of halogens is 6. The lowest BCUT2D eigenvalue weighted by Gasteiger charge is -2.19. The number of fused-ring (bicyclic) bond motifs is 1. The highest BCUT2D eigenvalue weighted by Crippen LogP contribution is 2.44. The van der Waals surface area contributed by atoms with Crippen LogP contribution in [0, 0.1) is 5.82 Å². The standard InChI is InChI=1S/C32H29Cl2F4N3O2/c1-41(2)28(42)11-5-3-4-8-16-43-27-15-12-20(19-39-27)29(31-30(34)23-9-6-7-10-26(23)40-31)24(18-32(36,37)38)22-14-13-21(35)17-25(22)33/h5-7,9-15,17,19,40H,3-4,8,16,18H2,1-2H3/b11-5+,29-24+. The largest absolute Gasteiger partial charge is 0.478 e. The van der Waals surface area contributed by atoms with Crippen LogP contribution in [0.5, 0.6) is 5.88 Å². The van der Waals surface area contributed by atoms with Crippen molar-refractivity contribution in [2.75, 3.05) is 20.7 Å². The van der Waals surface area contributed by atoms with Crippen LogP contribution in [0.25, 0.3) is 22.0 Å². The molecule has 1 amide bonds. The molecule has 1 N–H and O–H groups in total. The molecule has 0 aliphatic heterocycles. The zero-order chi connectivity index (χ0) is 31.1. The van der Waals surface area contributed by atoms with Crippen LogP contribution in [-0.4, -0.2) is 47.7 Å². The highest BCUT2D eigenvalue weighted by Gasteiger charge is 2.33. The first kappa shape index (κ1) is 32.1. The fourth-order valence-corrected chi connectivity index (χ4v) is 5.08. The summed E-state index contributed by atoms with van der Waals surface area (Å²) in [6.45, 7) is 0.364. The van der Waals surface area contributed by atoms with E-state index in [0.29, 0.717) is 41.8 Å². The number of para-hydroxylation sites is 1. The van der Waals surface area contributed by atoms with Gasteiger partial charge in [0.1, 0.15) is 5.82 Å². The third-order valence-electron chi connectivity index (χ3n) is 6.57. The van der Waals surface area contributed by atoms with Gasteiger partial charge in [-0.2, -0.15) is 13.2 Å². The topological polar surface area (TPSA) is 58.2 Å². The zero-order valence-corrected chi connectivity index (χ0v) is 25.0. The Kier molecular flexibility index (Phi) is 10.5. The average molecular weight is 635 g/mol. The van der Waals surface area contributed by atoms with E-state index in [1.54, 1.807) is 50.5 Å². The molecular formula is C32H29Cl2F4N3O2. The van der Waals surface area contributed by atoms with Crippen molar-refractivity contribution in [3.8, 4) is 5.88 Å². The molecule has 0 aliphatic carbocycles. The molecular weight excluding hydrogens is 605 g/mol. The third kappa shape index (κ3) is 8.39. The van der Waals surface area contributed by atoms with Gasteiger partial charge in [-0.25, -0.2) is 9.37 Å². The van der Waals surface area contributed by atoms with E-state index in [2.05, 4.69) is 9.97 Å². The number of aromatic amines is 1. The summed E-state index contributed by atoms with van der Waals surface area (Å²) in [4.78, 5) is 20.6. The number of carbonyl (C=O) groups excluding carboxylic acids is 1. The second-order valence-electron chi connectivity index (χ2n) is 9.99. The number of carbonyl (C=O) groups is 1. The molecule has 0 bridgehead atoms. The van der Waals surface area contributed by atoms with Gasteiger partial charge in [0.25, 0.3) is 0 Å². The number of rotatable bonds is 11. The second-order valence-corrected chi connectivity index (χ2v) is 10.8. The van der Waals surface area contributed by atoms with Crippen LogP contribution in [0.1, 0.15) is 42.5 Å². The molecule has 0 fully saturated rings. The molecule has 2 aromatic carbocycles. The maximum absolute atomic E-state index is 14.0. The molecule has 0 unspecified atom stereocenters. The second kappa shape index (κ2) is 14.1. The van der Waals surface area contributed by atoms with Crippen molar-refractivity contribution >= 4 is 51.2 Å². The summed E-state index contributed by atoms with van der Waals surface area (Å²) in [6.07, 6.45) is 0.980. The zero-order valence-electron chi connectivity index (χ0n) is 23.4. The quantitative estimate of drug-likeness (QED) is 0.102. The number of nitrogens with zero attached hydrogens (tertiary/aromatic N) is 2. The van der Waals surface area contributed by atoms with Gasteiger partial charge in [0, 0.05) is 48.4 Å². The molecule has 2 heterocycles. The maximum atomic E-state index is 14.0. The van der Waals surface area contributed by atoms with E-state index in [-0.39, 0.29) is 38.4 Å². The SMILES string of the molecule is CN(C)C(=O)/C=C/CCCCOc1ccc(/C(=C(/CC(F)(F)F)c2ccc(F)cc2Cl)c2[nH]c3ccccc3c2Cl)cn1. The van der Waals surface area contributed by atoms with Crippen LogP contribution in [0.2, 0.25) is 10.0 Å². The summed E-state index contributed by atoms with van der Waals surface area (Å²) < 4.78 is 61.7. The Bertz CT molecular complexity index is 1640. The van der Waals surface area contributed by atoms with Crippen molar-refractivity contribution in [3.05, 3.63) is 106 Å². The maximum Gasteiger partial charge on any atom is 0.393 e. The number of unbranched alkanes of at least 4 members (excludes halogenated alkanes) is 2. The van der Waals surface area contributed by atoms with Gasteiger partial charge in [0.05, 0.1) is 28.8 Å². The first-order valence-electron chi connectivity index (χ1n) is 13.4. The van der Waals surface area contributed by atoms with Crippen molar-refractivity contribution in [1.29, 1.82) is 0 Å². The van der Waals surface area contributed by atoms with Crippen molar-refractivity contribution in [2.45, 2.75) is 31.9 Å². The smallest absolute Gasteiger partial charge is 0.393 e. The number of alkyl halides is 3. The number of nitrogens with one attached hydrogen (secondary N) is 1. The molecule has 0 atom stereocenters. The molecule has 0 radical (unpaired) electrons. The van der Waals surface area contributed by atoms with Gasteiger partial charge in [-0.15, -0.1) is 0 Å². The minimum atomic E-state index is -4.62. The molecule has 0 saturated carbocycles. The van der Waals surface area contributed by atoms with E-state index in [1.807, 2.05) is 6.08 Å². The van der Waals surface area contributed by atoms with Crippen molar-refractivity contribution in [2.24, 2.45) is 0 Å². The van der Waals surface area contributed by atoms with Crippen LogP contribution in [0.3, 0.4) is 0 Å². The summed E-state index contributed by atoms with van der Waals surface area (Å²) in [5.74, 6) is -0.462. The Morgan fingerprint density at radius 2 is 1.84 bits per heavy atom. The van der Waals surface area contributed by atoms with Gasteiger partial charge < -0.3 is 14.6 Å². The van der Waals surface area contributed by atoms with Crippen molar-refractivity contribution in [3.63, 3.8) is 0 Å². The number of hydrogen-bond acceptors (Lipinski definition) is 3. The van der Waals surface area contributed by atoms with Crippen LogP contribution in [-0.2, 0) is 4.79 Å². The van der Waals surface area contributed by atoms with E-state index in [9.17, 15) is 22.4 Å². The lowest BCUT2D eigenvalue weighted by molar-refractivity contribution is -0.124. The Hall–Kier alpha value is -3.82. The monoisotopic (exact) mass is 633 g/mol. The minimum absolute atomic E-state index is 0.0202. The number of ether oxygens (including phenoxy) is 1. The fourth-order valence-electron chi connectivity index (χ4n) is 4.49. The van der Waals surface area contributed by atoms with Gasteiger partial charge in [0.15, 0.2) is 0 Å². The van der Waals surface area contributed by atoms with Gasteiger partial charge >= 0.3 is 6.18 Å². The Balaban J connectivity index is 1.68. The molecule has 2 aromatic heterocycles. The van der Waals surface area contributed by atoms with Crippen LogP contribution in [0.4, 0.5) is 17.6 Å². The molecule has 0 saturated heterocycles. The number of allylic oxidation sites excluding steroid dienone is 2. The van der Waals surface area contributed by atoms with Gasteiger partial charge in [-0.05, 0) is 60.7 Å². The lowest BCUT2D eigenvalue weighted by atomic mass is 9.90. The average Bonchev–Trinajstić information content (AvgIpc) is 3.28. The number of likely N-dealkylation sites (N-methyl/N-ethyl adjacent to an activating group) is 1. The molecule has 226 valence electrons. The minimum Gasteiger partial charge on any atom is -0.478 e. The van der Waals surface area contributed by atoms with Crippen LogP contribution in [0.15, 0.2) is 72.9 Å². The number of hydrogen-bond donors (Lipinski definition) is 1. The van der Waals surface area contributed by atoms with E-state index in [4.69, 9.17) is 27.9 Å². The normalized spacial score (nSPS) is 12.6. The van der Waals surface area contributed by atoms with E-state index in [0.717, 1.165) is 18.6 Å². The first-order chi connectivity index (χ1) is 20.4. The first-order valence-corrected chi connectivity index (χ1v) is 14.2. The molecule has 4 aromatic rings. The summed E-state index contributed by atoms with van der Waals surface area (Å²) in [7, 11) is 3.36.